The topological polar surface area (TPSA) is 108 Å². The van der Waals surface area contributed by atoms with Gasteiger partial charge in [-0.3, -0.25) is 4.79 Å². The third-order valence-corrected chi connectivity index (χ3v) is 6.01. The van der Waals surface area contributed by atoms with Crippen molar-refractivity contribution < 1.29 is 18.0 Å². The number of hydrogen-bond acceptors (Lipinski definition) is 7. The van der Waals surface area contributed by atoms with Crippen LogP contribution in [-0.2, 0) is 6.18 Å². The maximum Gasteiger partial charge on any atom is 0.419 e. The van der Waals surface area contributed by atoms with Gasteiger partial charge in [0.2, 0.25) is 5.95 Å². The van der Waals surface area contributed by atoms with Crippen molar-refractivity contribution in [3.8, 4) is 17.5 Å². The molecule has 1 aromatic carbocycles. The van der Waals surface area contributed by atoms with Crippen LogP contribution in [0.2, 0.25) is 0 Å². The fourth-order valence-corrected chi connectivity index (χ4v) is 4.15. The summed E-state index contributed by atoms with van der Waals surface area (Å²) in [6.07, 6.45) is 1.77. The van der Waals surface area contributed by atoms with Gasteiger partial charge < -0.3 is 10.2 Å². The molecular weight excluding hydrogens is 459 g/mol. The Balaban J connectivity index is 1.59. The predicted octanol–water partition coefficient (Wildman–Crippen LogP) is 4.18. The van der Waals surface area contributed by atoms with E-state index in [1.54, 1.807) is 35.5 Å². The first-order valence-electron chi connectivity index (χ1n) is 11.0. The van der Waals surface area contributed by atoms with Crippen LogP contribution in [-0.4, -0.2) is 49.9 Å². The van der Waals surface area contributed by atoms with Crippen LogP contribution in [0.15, 0.2) is 49.1 Å². The summed E-state index contributed by atoms with van der Waals surface area (Å²) in [6, 6.07) is 8.29. The number of likely N-dealkylation sites (tertiary alicyclic amines) is 1. The Morgan fingerprint density at radius 1 is 1.20 bits per heavy atom. The summed E-state index contributed by atoms with van der Waals surface area (Å²) in [5.74, 6) is 0.271. The van der Waals surface area contributed by atoms with Crippen LogP contribution in [0.1, 0.15) is 41.3 Å². The molecule has 3 aromatic rings. The minimum absolute atomic E-state index is 0.0491. The summed E-state index contributed by atoms with van der Waals surface area (Å²) < 4.78 is 38.4. The average molecular weight is 481 g/mol. The molecule has 2 atom stereocenters. The molecule has 1 N–H and O–H groups in total. The molecule has 1 fully saturated rings. The van der Waals surface area contributed by atoms with Gasteiger partial charge in [0.1, 0.15) is 0 Å². The average Bonchev–Trinajstić information content (AvgIpc) is 2.87. The van der Waals surface area contributed by atoms with Gasteiger partial charge in [-0.1, -0.05) is 6.92 Å². The summed E-state index contributed by atoms with van der Waals surface area (Å²) in [7, 11) is 0. The van der Waals surface area contributed by atoms with Gasteiger partial charge in [-0.05, 0) is 43.0 Å². The molecule has 1 amide bonds. The highest BCUT2D eigenvalue weighted by molar-refractivity contribution is 6.00. The van der Waals surface area contributed by atoms with Gasteiger partial charge in [0.15, 0.2) is 5.82 Å². The summed E-state index contributed by atoms with van der Waals surface area (Å²) in [4.78, 5) is 31.5. The van der Waals surface area contributed by atoms with Crippen LogP contribution in [0.25, 0.3) is 11.4 Å². The molecule has 0 bridgehead atoms. The lowest BCUT2D eigenvalue weighted by Gasteiger charge is -2.40. The number of amides is 1. The predicted molar refractivity (Wildman–Crippen MR) is 121 cm³/mol. The van der Waals surface area contributed by atoms with Crippen molar-refractivity contribution in [2.45, 2.75) is 32.0 Å². The number of piperidine rings is 1. The molecule has 4 rings (SSSR count). The van der Waals surface area contributed by atoms with E-state index in [0.717, 1.165) is 25.2 Å². The largest absolute Gasteiger partial charge is 0.419 e. The molecule has 0 aliphatic carbocycles. The quantitative estimate of drug-likeness (QED) is 0.583. The molecule has 1 aliphatic heterocycles. The summed E-state index contributed by atoms with van der Waals surface area (Å²) in [6.45, 7) is 2.77. The Morgan fingerprint density at radius 2 is 1.91 bits per heavy atom. The molecule has 180 valence electrons. The number of nitrogens with zero attached hydrogens (tertiary/aromatic N) is 6. The van der Waals surface area contributed by atoms with E-state index >= 15 is 0 Å². The monoisotopic (exact) mass is 481 g/mol. The van der Waals surface area contributed by atoms with Crippen molar-refractivity contribution >= 4 is 11.9 Å². The molecule has 1 saturated heterocycles. The number of benzene rings is 1. The van der Waals surface area contributed by atoms with E-state index in [2.05, 4.69) is 31.3 Å². The van der Waals surface area contributed by atoms with E-state index in [4.69, 9.17) is 0 Å². The molecule has 35 heavy (non-hydrogen) atoms. The molecule has 2 aromatic heterocycles. The molecule has 11 heteroatoms. The number of aromatic nitrogens is 4. The second kappa shape index (κ2) is 10.0. The zero-order valence-corrected chi connectivity index (χ0v) is 18.8. The van der Waals surface area contributed by atoms with E-state index in [9.17, 15) is 23.2 Å². The van der Waals surface area contributed by atoms with Crippen LogP contribution in [0.3, 0.4) is 0 Å². The van der Waals surface area contributed by atoms with Crippen LogP contribution < -0.4 is 5.32 Å². The van der Waals surface area contributed by atoms with Crippen LogP contribution in [0.5, 0.6) is 0 Å². The highest BCUT2D eigenvalue weighted by Crippen LogP contribution is 2.30. The molecule has 0 radical (unpaired) electrons. The van der Waals surface area contributed by atoms with Gasteiger partial charge in [-0.2, -0.15) is 18.4 Å². The number of nitrogens with one attached hydrogen (secondary N) is 1. The lowest BCUT2D eigenvalue weighted by atomic mass is 9.89. The minimum Gasteiger partial charge on any atom is -0.352 e. The number of rotatable bonds is 5. The normalized spacial score (nSPS) is 18.1. The summed E-state index contributed by atoms with van der Waals surface area (Å²) >= 11 is 0. The molecule has 8 nitrogen and oxygen atoms in total. The van der Waals surface area contributed by atoms with Gasteiger partial charge in [-0.15, -0.1) is 0 Å². The van der Waals surface area contributed by atoms with Gasteiger partial charge in [-0.25, -0.2) is 19.9 Å². The van der Waals surface area contributed by atoms with Crippen molar-refractivity contribution in [2.24, 2.45) is 5.92 Å². The Morgan fingerprint density at radius 3 is 2.57 bits per heavy atom. The van der Waals surface area contributed by atoms with E-state index in [-0.39, 0.29) is 30.4 Å². The Hall–Kier alpha value is -4.07. The zero-order valence-electron chi connectivity index (χ0n) is 18.8. The first-order valence-corrected chi connectivity index (χ1v) is 11.0. The van der Waals surface area contributed by atoms with Crippen molar-refractivity contribution in [1.29, 1.82) is 5.26 Å². The lowest BCUT2D eigenvalue weighted by molar-refractivity contribution is -0.138. The number of carbonyl (C=O) groups is 1. The Kier molecular flexibility index (Phi) is 6.91. The smallest absolute Gasteiger partial charge is 0.352 e. The first-order chi connectivity index (χ1) is 16.8. The zero-order chi connectivity index (χ0) is 25.0. The number of alkyl halides is 3. The fraction of sp³-hybridized carbons (Fsp3) is 0.333. The van der Waals surface area contributed by atoms with E-state index in [1.807, 2.05) is 6.92 Å². The standard InChI is InChI=1S/C24H22F3N7O/c1-15-4-2-9-34(20(15)14-33-23-31-12-17(13-32-23)24(25,26)27)22(35)19-10-16(11-28)5-6-18(19)21-29-7-3-8-30-21/h3,5-8,10,12-13,15,20H,2,4,9,14H2,1H3,(H,31,32,33)/t15-,20-/m1/s1. The molecule has 0 unspecified atom stereocenters. The van der Waals surface area contributed by atoms with Gasteiger partial charge in [0.25, 0.3) is 5.91 Å². The SMILES string of the molecule is C[C@@H]1CCCN(C(=O)c2cc(C#N)ccc2-c2ncccn2)[C@@H]1CNc1ncc(C(F)(F)F)cn1. The van der Waals surface area contributed by atoms with Crippen LogP contribution in [0, 0.1) is 17.2 Å². The highest BCUT2D eigenvalue weighted by atomic mass is 19.4. The Bertz CT molecular complexity index is 1230. The van der Waals surface area contributed by atoms with E-state index in [0.29, 0.717) is 29.1 Å². The number of nitriles is 1. The molecule has 0 saturated carbocycles. The minimum atomic E-state index is -4.52. The second-order valence-corrected chi connectivity index (χ2v) is 8.30. The lowest BCUT2D eigenvalue weighted by Crippen LogP contribution is -2.51. The maximum absolute atomic E-state index is 13.8. The van der Waals surface area contributed by atoms with Crippen molar-refractivity contribution in [3.63, 3.8) is 0 Å². The Labute approximate surface area is 199 Å². The van der Waals surface area contributed by atoms with E-state index < -0.39 is 11.7 Å². The van der Waals surface area contributed by atoms with E-state index in [1.165, 1.54) is 6.07 Å². The fourth-order valence-electron chi connectivity index (χ4n) is 4.15. The summed E-state index contributed by atoms with van der Waals surface area (Å²) in [5, 5.41) is 12.4. The van der Waals surface area contributed by atoms with Crippen molar-refractivity contribution in [1.82, 2.24) is 24.8 Å². The summed E-state index contributed by atoms with van der Waals surface area (Å²) in [5.41, 5.74) is 0.246. The van der Waals surface area contributed by atoms with Gasteiger partial charge >= 0.3 is 6.18 Å². The van der Waals surface area contributed by atoms with Crippen LogP contribution in [0.4, 0.5) is 19.1 Å². The second-order valence-electron chi connectivity index (χ2n) is 8.30. The van der Waals surface area contributed by atoms with Crippen LogP contribution >= 0.6 is 0 Å². The number of carbonyl (C=O) groups excluding carboxylic acids is 1. The molecule has 3 heterocycles. The molecule has 0 spiro atoms. The number of halogens is 3. The molecule has 1 aliphatic rings. The third kappa shape index (κ3) is 5.37. The maximum atomic E-state index is 13.8. The third-order valence-electron chi connectivity index (χ3n) is 6.01. The van der Waals surface area contributed by atoms with Crippen molar-refractivity contribution in [3.05, 3.63) is 65.7 Å². The van der Waals surface area contributed by atoms with Crippen molar-refractivity contribution in [2.75, 3.05) is 18.4 Å². The number of anilines is 1. The van der Waals surface area contributed by atoms with Gasteiger partial charge in [0.05, 0.1) is 28.8 Å². The molecular formula is C24H22F3N7O. The first kappa shape index (κ1) is 24.1. The van der Waals surface area contributed by atoms with Gasteiger partial charge in [0, 0.05) is 43.4 Å². The highest BCUT2D eigenvalue weighted by Gasteiger charge is 2.34. The number of hydrogen-bond donors (Lipinski definition) is 1.